The van der Waals surface area contributed by atoms with Crippen molar-refractivity contribution in [1.29, 1.82) is 0 Å². The van der Waals surface area contributed by atoms with Gasteiger partial charge in [-0.1, -0.05) is 36.5 Å². The largest absolute Gasteiger partial charge is 0.400 e. The van der Waals surface area contributed by atoms with Crippen LogP contribution in [-0.4, -0.2) is 11.1 Å². The first-order chi connectivity index (χ1) is 6.66. The standard InChI is InChI=1S/C11H12ClF3/c1-9(11(13,14)15)5-3-4-6-10(2,12)8-7-9/h3-8H,1-2H3. The van der Waals surface area contributed by atoms with Gasteiger partial charge in [0, 0.05) is 0 Å². The highest BCUT2D eigenvalue weighted by Crippen LogP contribution is 2.42. The van der Waals surface area contributed by atoms with E-state index in [0.717, 1.165) is 19.1 Å². The molecule has 0 spiro atoms. The summed E-state index contributed by atoms with van der Waals surface area (Å²) in [7, 11) is 0. The maximum Gasteiger partial charge on any atom is 0.400 e. The van der Waals surface area contributed by atoms with E-state index < -0.39 is 16.5 Å². The van der Waals surface area contributed by atoms with Crippen LogP contribution in [0.2, 0.25) is 0 Å². The summed E-state index contributed by atoms with van der Waals surface area (Å²) in [5.74, 6) is 0. The fourth-order valence-electron chi connectivity index (χ4n) is 1.14. The third kappa shape index (κ3) is 2.88. The molecule has 1 aliphatic rings. The van der Waals surface area contributed by atoms with E-state index in [4.69, 9.17) is 11.6 Å². The molecule has 0 nitrogen and oxygen atoms in total. The Kier molecular flexibility index (Phi) is 3.06. The molecule has 0 aromatic rings. The van der Waals surface area contributed by atoms with E-state index in [1.54, 1.807) is 13.0 Å². The molecule has 0 bridgehead atoms. The maximum absolute atomic E-state index is 12.7. The van der Waals surface area contributed by atoms with Gasteiger partial charge in [0.2, 0.25) is 0 Å². The first kappa shape index (κ1) is 12.4. The predicted octanol–water partition coefficient (Wildman–Crippen LogP) is 4.23. The third-order valence-corrected chi connectivity index (χ3v) is 2.59. The second kappa shape index (κ2) is 3.71. The second-order valence-electron chi connectivity index (χ2n) is 3.98. The first-order valence-electron chi connectivity index (χ1n) is 4.49. The molecule has 0 saturated heterocycles. The van der Waals surface area contributed by atoms with Crippen molar-refractivity contribution in [3.8, 4) is 0 Å². The minimum atomic E-state index is -4.31. The highest BCUT2D eigenvalue weighted by molar-refractivity contribution is 6.26. The van der Waals surface area contributed by atoms with Crippen LogP contribution in [0.5, 0.6) is 0 Å². The lowest BCUT2D eigenvalue weighted by Gasteiger charge is -2.27. The molecule has 0 fully saturated rings. The Morgan fingerprint density at radius 2 is 1.47 bits per heavy atom. The minimum Gasteiger partial charge on any atom is -0.170 e. The van der Waals surface area contributed by atoms with E-state index in [2.05, 4.69) is 0 Å². The van der Waals surface area contributed by atoms with Crippen molar-refractivity contribution in [2.75, 3.05) is 0 Å². The number of hydrogen-bond donors (Lipinski definition) is 0. The molecule has 1 aliphatic carbocycles. The van der Waals surface area contributed by atoms with Gasteiger partial charge >= 0.3 is 6.18 Å². The zero-order valence-corrected chi connectivity index (χ0v) is 9.23. The summed E-state index contributed by atoms with van der Waals surface area (Å²) in [6.45, 7) is 2.75. The van der Waals surface area contributed by atoms with Gasteiger partial charge < -0.3 is 0 Å². The maximum atomic E-state index is 12.7. The summed E-state index contributed by atoms with van der Waals surface area (Å²) in [6.07, 6.45) is 3.81. The van der Waals surface area contributed by atoms with Crippen molar-refractivity contribution < 1.29 is 13.2 Å². The molecule has 0 saturated carbocycles. The lowest BCUT2D eigenvalue weighted by Crippen LogP contribution is -2.32. The van der Waals surface area contributed by atoms with Crippen LogP contribution >= 0.6 is 11.6 Å². The number of rotatable bonds is 0. The predicted molar refractivity (Wildman–Crippen MR) is 55.8 cm³/mol. The molecule has 0 aromatic carbocycles. The van der Waals surface area contributed by atoms with Crippen molar-refractivity contribution in [2.45, 2.75) is 24.9 Å². The molecule has 0 aliphatic heterocycles. The Morgan fingerprint density at radius 3 is 2.00 bits per heavy atom. The van der Waals surface area contributed by atoms with Crippen LogP contribution in [0.4, 0.5) is 13.2 Å². The summed E-state index contributed by atoms with van der Waals surface area (Å²) in [5, 5.41) is 0. The van der Waals surface area contributed by atoms with Gasteiger partial charge in [0.05, 0.1) is 10.3 Å². The van der Waals surface area contributed by atoms with Crippen molar-refractivity contribution in [3.05, 3.63) is 36.5 Å². The molecule has 0 aromatic heterocycles. The molecule has 0 radical (unpaired) electrons. The average Bonchev–Trinajstić information content (AvgIpc) is 2.05. The SMILES string of the molecule is CC1(Cl)C=CC=CC(C)(C(F)(F)F)C=C1. The van der Waals surface area contributed by atoms with Crippen LogP contribution in [0.25, 0.3) is 0 Å². The third-order valence-electron chi connectivity index (χ3n) is 2.34. The summed E-state index contributed by atoms with van der Waals surface area (Å²) in [6, 6.07) is 0. The fraction of sp³-hybridized carbons (Fsp3) is 0.455. The van der Waals surface area contributed by atoms with Gasteiger partial charge in [-0.05, 0) is 13.8 Å². The van der Waals surface area contributed by atoms with Crippen LogP contribution in [0.3, 0.4) is 0 Å². The Morgan fingerprint density at radius 1 is 0.933 bits per heavy atom. The fourth-order valence-corrected chi connectivity index (χ4v) is 1.27. The molecule has 4 heteroatoms. The zero-order chi connectivity index (χ0) is 11.7. The topological polar surface area (TPSA) is 0 Å². The van der Waals surface area contributed by atoms with Gasteiger partial charge in [-0.25, -0.2) is 0 Å². The Hall–Kier alpha value is -0.700. The van der Waals surface area contributed by atoms with Crippen molar-refractivity contribution in [1.82, 2.24) is 0 Å². The van der Waals surface area contributed by atoms with E-state index in [1.165, 1.54) is 18.2 Å². The lowest BCUT2D eigenvalue weighted by atomic mass is 9.86. The van der Waals surface area contributed by atoms with Gasteiger partial charge in [-0.15, -0.1) is 11.6 Å². The number of halogens is 4. The van der Waals surface area contributed by atoms with Gasteiger partial charge in [0.15, 0.2) is 0 Å². The zero-order valence-electron chi connectivity index (χ0n) is 8.48. The molecule has 0 amide bonds. The van der Waals surface area contributed by atoms with E-state index in [-0.39, 0.29) is 0 Å². The van der Waals surface area contributed by atoms with Gasteiger partial charge in [0.1, 0.15) is 0 Å². The first-order valence-corrected chi connectivity index (χ1v) is 4.87. The smallest absolute Gasteiger partial charge is 0.170 e. The molecule has 2 unspecified atom stereocenters. The highest BCUT2D eigenvalue weighted by atomic mass is 35.5. The van der Waals surface area contributed by atoms with E-state index in [9.17, 15) is 13.2 Å². The second-order valence-corrected chi connectivity index (χ2v) is 4.80. The number of alkyl halides is 4. The van der Waals surface area contributed by atoms with Crippen LogP contribution in [0.15, 0.2) is 36.5 Å². The molecule has 15 heavy (non-hydrogen) atoms. The van der Waals surface area contributed by atoms with E-state index in [1.807, 2.05) is 0 Å². The Balaban J connectivity index is 3.15. The van der Waals surface area contributed by atoms with Gasteiger partial charge in [-0.3, -0.25) is 0 Å². The molecular formula is C11H12ClF3. The van der Waals surface area contributed by atoms with Crippen molar-refractivity contribution in [3.63, 3.8) is 0 Å². The molecule has 0 N–H and O–H groups in total. The quantitative estimate of drug-likeness (QED) is 0.436. The molecule has 84 valence electrons. The van der Waals surface area contributed by atoms with Crippen LogP contribution in [0, 0.1) is 5.41 Å². The van der Waals surface area contributed by atoms with Gasteiger partial charge in [0.25, 0.3) is 0 Å². The van der Waals surface area contributed by atoms with Crippen molar-refractivity contribution in [2.24, 2.45) is 5.41 Å². The summed E-state index contributed by atoms with van der Waals surface area (Å²) >= 11 is 5.95. The number of hydrogen-bond acceptors (Lipinski definition) is 0. The summed E-state index contributed by atoms with van der Waals surface area (Å²) < 4.78 is 38.2. The number of allylic oxidation sites excluding steroid dienone is 6. The Bertz CT molecular complexity index is 323. The molecule has 0 heterocycles. The van der Waals surface area contributed by atoms with Crippen LogP contribution in [0.1, 0.15) is 13.8 Å². The van der Waals surface area contributed by atoms with E-state index >= 15 is 0 Å². The van der Waals surface area contributed by atoms with Crippen LogP contribution in [-0.2, 0) is 0 Å². The summed E-state index contributed by atoms with van der Waals surface area (Å²) in [4.78, 5) is -0.864. The Labute approximate surface area is 92.1 Å². The molecule has 2 atom stereocenters. The summed E-state index contributed by atoms with van der Waals surface area (Å²) in [5.41, 5.74) is -1.95. The van der Waals surface area contributed by atoms with Gasteiger partial charge in [-0.2, -0.15) is 13.2 Å². The average molecular weight is 237 g/mol. The molecular weight excluding hydrogens is 225 g/mol. The van der Waals surface area contributed by atoms with Crippen molar-refractivity contribution >= 4 is 11.6 Å². The van der Waals surface area contributed by atoms with E-state index in [0.29, 0.717) is 0 Å². The van der Waals surface area contributed by atoms with Crippen LogP contribution < -0.4 is 0 Å². The minimum absolute atomic E-state index is 0.864. The lowest BCUT2D eigenvalue weighted by molar-refractivity contribution is -0.183. The molecule has 1 rings (SSSR count). The normalized spacial score (nSPS) is 36.4. The monoisotopic (exact) mass is 236 g/mol. The highest BCUT2D eigenvalue weighted by Gasteiger charge is 2.47.